The minimum Gasteiger partial charge on any atom is -0.341 e. The molecule has 1 N–H and O–H groups in total. The second kappa shape index (κ2) is 8.29. The maximum absolute atomic E-state index is 12.1. The van der Waals surface area contributed by atoms with E-state index in [1.165, 1.54) is 11.9 Å². The second-order valence-electron chi connectivity index (χ2n) is 6.29. The van der Waals surface area contributed by atoms with Gasteiger partial charge in [0.15, 0.2) is 9.84 Å². The minimum atomic E-state index is -3.54. The van der Waals surface area contributed by atoms with Gasteiger partial charge in [0, 0.05) is 13.1 Å². The quantitative estimate of drug-likeness (QED) is 0.685. The Labute approximate surface area is 149 Å². The molecule has 1 saturated heterocycles. The number of carbonyl (C=O) groups is 1. The van der Waals surface area contributed by atoms with Gasteiger partial charge in [0.2, 0.25) is 15.9 Å². The molecule has 9 heteroatoms. The standard InChI is InChI=1S/C16H24N2O5S2/c1-18(15-9-11-24(20,21)13-15)16(19)12-17-25(22,23)10-5-8-14-6-3-2-4-7-14/h2-4,6-7,15,17H,5,8-13H2,1H3. The summed E-state index contributed by atoms with van der Waals surface area (Å²) in [6.45, 7) is -0.347. The molecule has 1 aliphatic heterocycles. The van der Waals surface area contributed by atoms with Crippen molar-refractivity contribution in [1.29, 1.82) is 0 Å². The van der Waals surface area contributed by atoms with E-state index in [4.69, 9.17) is 0 Å². The lowest BCUT2D eigenvalue weighted by atomic mass is 10.1. The molecule has 1 aliphatic rings. The van der Waals surface area contributed by atoms with Crippen molar-refractivity contribution in [3.63, 3.8) is 0 Å². The number of nitrogens with one attached hydrogen (secondary N) is 1. The number of amides is 1. The molecular weight excluding hydrogens is 364 g/mol. The molecule has 1 unspecified atom stereocenters. The molecule has 0 aliphatic carbocycles. The molecule has 0 radical (unpaired) electrons. The van der Waals surface area contributed by atoms with E-state index in [0.717, 1.165) is 5.56 Å². The van der Waals surface area contributed by atoms with Gasteiger partial charge in [-0.25, -0.2) is 21.6 Å². The molecule has 140 valence electrons. The van der Waals surface area contributed by atoms with Crippen LogP contribution in [0.4, 0.5) is 0 Å². The Balaban J connectivity index is 1.76. The largest absolute Gasteiger partial charge is 0.341 e. The third-order valence-corrected chi connectivity index (χ3v) is 7.47. The van der Waals surface area contributed by atoms with E-state index < -0.39 is 25.8 Å². The van der Waals surface area contributed by atoms with Crippen molar-refractivity contribution in [3.05, 3.63) is 35.9 Å². The Morgan fingerprint density at radius 1 is 1.28 bits per heavy atom. The van der Waals surface area contributed by atoms with Crippen molar-refractivity contribution >= 4 is 25.8 Å². The summed E-state index contributed by atoms with van der Waals surface area (Å²) < 4.78 is 49.2. The van der Waals surface area contributed by atoms with Gasteiger partial charge in [-0.05, 0) is 24.8 Å². The maximum Gasteiger partial charge on any atom is 0.237 e. The Kier molecular flexibility index (Phi) is 6.59. The first-order chi connectivity index (χ1) is 11.7. The second-order valence-corrected chi connectivity index (χ2v) is 10.4. The van der Waals surface area contributed by atoms with Crippen LogP contribution in [0.25, 0.3) is 0 Å². The molecule has 0 saturated carbocycles. The number of hydrogen-bond donors (Lipinski definition) is 1. The van der Waals surface area contributed by atoms with Crippen molar-refractivity contribution < 1.29 is 21.6 Å². The maximum atomic E-state index is 12.1. The van der Waals surface area contributed by atoms with Crippen molar-refractivity contribution in [1.82, 2.24) is 9.62 Å². The van der Waals surface area contributed by atoms with E-state index in [9.17, 15) is 21.6 Å². The van der Waals surface area contributed by atoms with Crippen molar-refractivity contribution in [2.45, 2.75) is 25.3 Å². The average molecular weight is 389 g/mol. The first-order valence-corrected chi connectivity index (χ1v) is 11.6. The SMILES string of the molecule is CN(C(=O)CNS(=O)(=O)CCCc1ccccc1)C1CCS(=O)(=O)C1. The van der Waals surface area contributed by atoms with Gasteiger partial charge < -0.3 is 4.90 Å². The number of hydrogen-bond acceptors (Lipinski definition) is 5. The monoisotopic (exact) mass is 388 g/mol. The molecule has 0 spiro atoms. The zero-order valence-corrected chi connectivity index (χ0v) is 15.9. The third kappa shape index (κ3) is 6.41. The molecule has 0 aromatic heterocycles. The van der Waals surface area contributed by atoms with Gasteiger partial charge >= 0.3 is 0 Å². The van der Waals surface area contributed by atoms with Crippen molar-refractivity contribution in [3.8, 4) is 0 Å². The number of benzene rings is 1. The molecule has 1 fully saturated rings. The van der Waals surface area contributed by atoms with Gasteiger partial charge in [-0.15, -0.1) is 0 Å². The number of sulfone groups is 1. The lowest BCUT2D eigenvalue weighted by Crippen LogP contribution is -2.44. The van der Waals surface area contributed by atoms with Crippen molar-refractivity contribution in [2.75, 3.05) is 30.9 Å². The topological polar surface area (TPSA) is 101 Å². The Hall–Kier alpha value is -1.45. The van der Waals surface area contributed by atoms with Crippen LogP contribution in [0.5, 0.6) is 0 Å². The van der Waals surface area contributed by atoms with E-state index >= 15 is 0 Å². The van der Waals surface area contributed by atoms with Crippen LogP contribution in [0.2, 0.25) is 0 Å². The average Bonchev–Trinajstić information content (AvgIpc) is 2.93. The summed E-state index contributed by atoms with van der Waals surface area (Å²) in [5, 5.41) is 0. The number of sulfonamides is 1. The summed E-state index contributed by atoms with van der Waals surface area (Å²) >= 11 is 0. The van der Waals surface area contributed by atoms with Crippen molar-refractivity contribution in [2.24, 2.45) is 0 Å². The molecule has 7 nitrogen and oxygen atoms in total. The van der Waals surface area contributed by atoms with E-state index in [0.29, 0.717) is 19.3 Å². The first kappa shape index (κ1) is 19.9. The molecule has 0 bridgehead atoms. The van der Waals surface area contributed by atoms with Gasteiger partial charge in [-0.2, -0.15) is 0 Å². The lowest BCUT2D eigenvalue weighted by Gasteiger charge is -2.23. The smallest absolute Gasteiger partial charge is 0.237 e. The fourth-order valence-electron chi connectivity index (χ4n) is 2.76. The fraction of sp³-hybridized carbons (Fsp3) is 0.562. The zero-order chi connectivity index (χ0) is 18.5. The van der Waals surface area contributed by atoms with Gasteiger partial charge in [0.05, 0.1) is 23.8 Å². The summed E-state index contributed by atoms with van der Waals surface area (Å²) in [6.07, 6.45) is 1.51. The number of likely N-dealkylation sites (N-methyl/N-ethyl adjacent to an activating group) is 1. The highest BCUT2D eigenvalue weighted by atomic mass is 32.2. The molecule has 1 heterocycles. The van der Waals surface area contributed by atoms with Crippen LogP contribution < -0.4 is 4.72 Å². The fourth-order valence-corrected chi connectivity index (χ4v) is 5.55. The molecule has 1 atom stereocenters. The third-order valence-electron chi connectivity index (χ3n) is 4.31. The van der Waals surface area contributed by atoms with Gasteiger partial charge in [0.1, 0.15) is 0 Å². The Morgan fingerprint density at radius 3 is 2.56 bits per heavy atom. The van der Waals surface area contributed by atoms with E-state index in [1.54, 1.807) is 0 Å². The molecule has 1 aromatic carbocycles. The highest BCUT2D eigenvalue weighted by molar-refractivity contribution is 7.91. The molecule has 25 heavy (non-hydrogen) atoms. The Bertz CT molecular complexity index is 791. The van der Waals surface area contributed by atoms with Crippen LogP contribution in [0.15, 0.2) is 30.3 Å². The Morgan fingerprint density at radius 2 is 1.96 bits per heavy atom. The van der Waals surface area contributed by atoms with Crippen LogP contribution in [-0.2, 0) is 31.1 Å². The summed E-state index contributed by atoms with van der Waals surface area (Å²) in [5.41, 5.74) is 1.07. The highest BCUT2D eigenvalue weighted by Crippen LogP contribution is 2.16. The predicted octanol–water partition coefficient (Wildman–Crippen LogP) is 0.184. The number of aryl methyl sites for hydroxylation is 1. The zero-order valence-electron chi connectivity index (χ0n) is 14.2. The number of nitrogens with zero attached hydrogens (tertiary/aromatic N) is 1. The summed E-state index contributed by atoms with van der Waals surface area (Å²) in [7, 11) is -5.12. The van der Waals surface area contributed by atoms with Crippen LogP contribution in [0.3, 0.4) is 0 Å². The molecule has 2 rings (SSSR count). The van der Waals surface area contributed by atoms with Gasteiger partial charge in [-0.1, -0.05) is 30.3 Å². The molecular formula is C16H24N2O5S2. The predicted molar refractivity (Wildman–Crippen MR) is 96.4 cm³/mol. The van der Waals surface area contributed by atoms with Crippen LogP contribution in [0, 0.1) is 0 Å². The summed E-state index contributed by atoms with van der Waals surface area (Å²) in [6, 6.07) is 9.21. The summed E-state index contributed by atoms with van der Waals surface area (Å²) in [5.74, 6) is -0.468. The van der Waals surface area contributed by atoms with E-state index in [2.05, 4.69) is 4.72 Å². The normalized spacial score (nSPS) is 19.6. The number of rotatable bonds is 8. The van der Waals surface area contributed by atoms with Gasteiger partial charge in [-0.3, -0.25) is 4.79 Å². The van der Waals surface area contributed by atoms with Crippen LogP contribution in [0.1, 0.15) is 18.4 Å². The summed E-state index contributed by atoms with van der Waals surface area (Å²) in [4.78, 5) is 13.4. The minimum absolute atomic E-state index is 0.0565. The van der Waals surface area contributed by atoms with E-state index in [1.807, 2.05) is 30.3 Å². The van der Waals surface area contributed by atoms with Gasteiger partial charge in [0.25, 0.3) is 0 Å². The van der Waals surface area contributed by atoms with E-state index in [-0.39, 0.29) is 29.8 Å². The molecule has 1 amide bonds. The number of carbonyl (C=O) groups excluding carboxylic acids is 1. The highest BCUT2D eigenvalue weighted by Gasteiger charge is 2.32. The lowest BCUT2D eigenvalue weighted by molar-refractivity contribution is -0.130. The van der Waals surface area contributed by atoms with Crippen LogP contribution >= 0.6 is 0 Å². The van der Waals surface area contributed by atoms with Crippen LogP contribution in [-0.4, -0.2) is 64.5 Å². The first-order valence-electron chi connectivity index (χ1n) is 8.16. The molecule has 1 aromatic rings.